The molecule has 4 aromatic heterocycles. The third-order valence-corrected chi connectivity index (χ3v) is 7.16. The van der Waals surface area contributed by atoms with Gasteiger partial charge in [0.25, 0.3) is 17.6 Å². The summed E-state index contributed by atoms with van der Waals surface area (Å²) >= 11 is 0. The van der Waals surface area contributed by atoms with Gasteiger partial charge in [-0.15, -0.1) is 0 Å². The smallest absolute Gasteiger partial charge is 0.295 e. The van der Waals surface area contributed by atoms with Gasteiger partial charge in [0.1, 0.15) is 11.4 Å². The maximum Gasteiger partial charge on any atom is 0.295 e. The Hall–Kier alpha value is -5.39. The van der Waals surface area contributed by atoms with Gasteiger partial charge in [-0.3, -0.25) is 24.5 Å². The summed E-state index contributed by atoms with van der Waals surface area (Å²) in [5, 5.41) is 7.58. The van der Waals surface area contributed by atoms with E-state index in [1.54, 1.807) is 35.5 Å². The summed E-state index contributed by atoms with van der Waals surface area (Å²) in [6, 6.07) is 12.4. The summed E-state index contributed by atoms with van der Waals surface area (Å²) in [5.74, 6) is -0.289. The van der Waals surface area contributed by atoms with Crippen LogP contribution in [0.15, 0.2) is 67.3 Å². The predicted octanol–water partition coefficient (Wildman–Crippen LogP) is 2.97. The van der Waals surface area contributed by atoms with Crippen molar-refractivity contribution in [1.29, 1.82) is 0 Å². The van der Waals surface area contributed by atoms with Gasteiger partial charge >= 0.3 is 0 Å². The average molecular weight is 551 g/mol. The van der Waals surface area contributed by atoms with Gasteiger partial charge in [0.2, 0.25) is 0 Å². The van der Waals surface area contributed by atoms with Gasteiger partial charge in [0, 0.05) is 55.4 Å². The molecule has 41 heavy (non-hydrogen) atoms. The van der Waals surface area contributed by atoms with Crippen LogP contribution in [0.3, 0.4) is 0 Å². The first-order valence-electron chi connectivity index (χ1n) is 13.0. The topological polar surface area (TPSA) is 150 Å². The van der Waals surface area contributed by atoms with Gasteiger partial charge < -0.3 is 19.5 Å². The molecule has 5 heterocycles. The number of Topliss-reactive ketones (excluding diaryl/α,β-unsaturated/α-hetero) is 1. The van der Waals surface area contributed by atoms with Crippen LogP contribution in [0, 0.1) is 0 Å². The minimum atomic E-state index is -0.685. The molecule has 1 fully saturated rings. The number of aromatic nitrogens is 6. The number of aromatic amines is 2. The first kappa shape index (κ1) is 25.9. The number of amides is 2. The minimum absolute atomic E-state index is 0.1000. The van der Waals surface area contributed by atoms with Crippen LogP contribution in [0.1, 0.15) is 27.6 Å². The fourth-order valence-corrected chi connectivity index (χ4v) is 5.07. The molecule has 0 radical (unpaired) electrons. The highest BCUT2D eigenvalue weighted by molar-refractivity contribution is 6.45. The SMILES string of the molecule is COc1cnc(-c2nc(-c3cccnc3)n[nH]2)c2[nH]cc(C(=O)C(=O)N3CCN(C(=O)c4ccccc4)C(C)C3)c12. The van der Waals surface area contributed by atoms with Gasteiger partial charge in [-0.1, -0.05) is 18.2 Å². The van der Waals surface area contributed by atoms with Gasteiger partial charge in [-0.25, -0.2) is 9.97 Å². The lowest BCUT2D eigenvalue weighted by atomic mass is 10.1. The lowest BCUT2D eigenvalue weighted by Crippen LogP contribution is -2.56. The van der Waals surface area contributed by atoms with Crippen LogP contribution in [0.25, 0.3) is 33.8 Å². The number of rotatable bonds is 6. The van der Waals surface area contributed by atoms with Crippen molar-refractivity contribution in [3.05, 3.63) is 78.4 Å². The Balaban J connectivity index is 1.26. The molecule has 6 rings (SSSR count). The van der Waals surface area contributed by atoms with Gasteiger partial charge in [-0.05, 0) is 31.2 Å². The number of ether oxygens (including phenoxy) is 1. The van der Waals surface area contributed by atoms with Crippen LogP contribution in [0.2, 0.25) is 0 Å². The molecule has 0 spiro atoms. The second-order valence-corrected chi connectivity index (χ2v) is 9.67. The highest BCUT2D eigenvalue weighted by atomic mass is 16.5. The molecule has 1 atom stereocenters. The number of nitrogens with one attached hydrogen (secondary N) is 2. The molecule has 1 unspecified atom stereocenters. The van der Waals surface area contributed by atoms with Crippen molar-refractivity contribution in [2.24, 2.45) is 0 Å². The first-order valence-corrected chi connectivity index (χ1v) is 13.0. The zero-order valence-corrected chi connectivity index (χ0v) is 22.4. The van der Waals surface area contributed by atoms with E-state index in [1.165, 1.54) is 24.4 Å². The molecule has 0 aliphatic carbocycles. The number of carbonyl (C=O) groups excluding carboxylic acids is 3. The molecular formula is C29H26N8O4. The summed E-state index contributed by atoms with van der Waals surface area (Å²) in [6.07, 6.45) is 6.28. The monoisotopic (exact) mass is 550 g/mol. The van der Waals surface area contributed by atoms with Crippen molar-refractivity contribution >= 4 is 28.5 Å². The van der Waals surface area contributed by atoms with Gasteiger partial charge in [0.05, 0.1) is 29.8 Å². The molecule has 1 aliphatic rings. The molecule has 0 saturated carbocycles. The number of benzene rings is 1. The van der Waals surface area contributed by atoms with Crippen LogP contribution in [0.4, 0.5) is 0 Å². The van der Waals surface area contributed by atoms with E-state index in [0.717, 1.165) is 5.56 Å². The van der Waals surface area contributed by atoms with Crippen molar-refractivity contribution < 1.29 is 19.1 Å². The number of hydrogen-bond donors (Lipinski definition) is 2. The largest absolute Gasteiger partial charge is 0.494 e. The Labute approximate surface area is 234 Å². The average Bonchev–Trinajstić information content (AvgIpc) is 3.69. The summed E-state index contributed by atoms with van der Waals surface area (Å²) in [4.78, 5) is 59.4. The van der Waals surface area contributed by atoms with E-state index >= 15 is 0 Å². The Bertz CT molecular complexity index is 1750. The summed E-state index contributed by atoms with van der Waals surface area (Å²) in [6.45, 7) is 2.68. The number of carbonyl (C=O) groups is 3. The molecule has 206 valence electrons. The third kappa shape index (κ3) is 4.69. The zero-order chi connectivity index (χ0) is 28.5. The highest BCUT2D eigenvalue weighted by Crippen LogP contribution is 2.34. The number of ketones is 1. The molecule has 12 nitrogen and oxygen atoms in total. The highest BCUT2D eigenvalue weighted by Gasteiger charge is 2.34. The Morgan fingerprint density at radius 2 is 1.88 bits per heavy atom. The summed E-state index contributed by atoms with van der Waals surface area (Å²) in [5.41, 5.74) is 2.36. The minimum Gasteiger partial charge on any atom is -0.494 e. The van der Waals surface area contributed by atoms with E-state index in [2.05, 4.69) is 30.1 Å². The van der Waals surface area contributed by atoms with E-state index in [-0.39, 0.29) is 30.6 Å². The molecule has 1 saturated heterocycles. The predicted molar refractivity (Wildman–Crippen MR) is 149 cm³/mol. The number of nitrogens with zero attached hydrogens (tertiary/aromatic N) is 6. The lowest BCUT2D eigenvalue weighted by Gasteiger charge is -2.39. The van der Waals surface area contributed by atoms with E-state index < -0.39 is 11.7 Å². The number of hydrogen-bond acceptors (Lipinski definition) is 8. The van der Waals surface area contributed by atoms with E-state index in [9.17, 15) is 14.4 Å². The Kier molecular flexibility index (Phi) is 6.71. The van der Waals surface area contributed by atoms with Crippen molar-refractivity contribution in [3.8, 4) is 28.7 Å². The van der Waals surface area contributed by atoms with Crippen LogP contribution >= 0.6 is 0 Å². The first-order chi connectivity index (χ1) is 20.0. The van der Waals surface area contributed by atoms with E-state index in [1.807, 2.05) is 31.2 Å². The third-order valence-electron chi connectivity index (χ3n) is 7.16. The molecule has 0 bridgehead atoms. The fourth-order valence-electron chi connectivity index (χ4n) is 5.07. The second-order valence-electron chi connectivity index (χ2n) is 9.67. The molecule has 2 N–H and O–H groups in total. The standard InChI is InChI=1S/C29H26N8O4/c1-17-16-36(11-12-37(17)28(39)18-7-4-3-5-8-18)29(40)25(38)20-14-31-23-22(20)21(41-2)15-32-24(23)27-33-26(34-35-27)19-9-6-10-30-13-19/h3-10,13-15,17,31H,11-12,16H2,1-2H3,(H,33,34,35). The number of methoxy groups -OCH3 is 1. The fraction of sp³-hybridized carbons (Fsp3) is 0.207. The molecule has 1 aromatic carbocycles. The Morgan fingerprint density at radius 1 is 1.05 bits per heavy atom. The van der Waals surface area contributed by atoms with Crippen LogP contribution in [0.5, 0.6) is 5.75 Å². The van der Waals surface area contributed by atoms with Crippen molar-refractivity contribution in [1.82, 2.24) is 39.9 Å². The molecule has 2 amide bonds. The maximum absolute atomic E-state index is 13.6. The second kappa shape index (κ2) is 10.6. The Morgan fingerprint density at radius 3 is 2.61 bits per heavy atom. The number of pyridine rings is 2. The molecule has 1 aliphatic heterocycles. The van der Waals surface area contributed by atoms with Crippen LogP contribution in [-0.2, 0) is 4.79 Å². The summed E-state index contributed by atoms with van der Waals surface area (Å²) < 4.78 is 5.51. The van der Waals surface area contributed by atoms with Crippen molar-refractivity contribution in [2.45, 2.75) is 13.0 Å². The van der Waals surface area contributed by atoms with E-state index in [0.29, 0.717) is 46.1 Å². The molecule has 5 aromatic rings. The zero-order valence-electron chi connectivity index (χ0n) is 22.4. The number of H-pyrrole nitrogens is 2. The quantitative estimate of drug-likeness (QED) is 0.242. The maximum atomic E-state index is 13.6. The number of piperazine rings is 1. The lowest BCUT2D eigenvalue weighted by molar-refractivity contribution is -0.128. The van der Waals surface area contributed by atoms with Crippen molar-refractivity contribution in [2.75, 3.05) is 26.7 Å². The number of fused-ring (bicyclic) bond motifs is 1. The van der Waals surface area contributed by atoms with E-state index in [4.69, 9.17) is 4.74 Å². The normalized spacial score (nSPS) is 15.2. The summed E-state index contributed by atoms with van der Waals surface area (Å²) in [7, 11) is 1.47. The molecule has 12 heteroatoms. The van der Waals surface area contributed by atoms with Crippen LogP contribution < -0.4 is 4.74 Å². The van der Waals surface area contributed by atoms with Crippen molar-refractivity contribution in [3.63, 3.8) is 0 Å². The van der Waals surface area contributed by atoms with Gasteiger partial charge in [0.15, 0.2) is 11.6 Å². The van der Waals surface area contributed by atoms with Gasteiger partial charge in [-0.2, -0.15) is 5.10 Å². The van der Waals surface area contributed by atoms with Crippen LogP contribution in [-0.4, -0.2) is 90.3 Å². The molecular weight excluding hydrogens is 524 g/mol.